The lowest BCUT2D eigenvalue weighted by molar-refractivity contribution is -0.148. The van der Waals surface area contributed by atoms with Crippen molar-refractivity contribution in [3.05, 3.63) is 0 Å². The Morgan fingerprint density at radius 1 is 0.720 bits per heavy atom. The summed E-state index contributed by atoms with van der Waals surface area (Å²) in [5, 5.41) is 0. The lowest BCUT2D eigenvalue weighted by atomic mass is 9.65. The molecule has 0 aromatic rings. The van der Waals surface area contributed by atoms with Gasteiger partial charge in [-0.15, -0.1) is 0 Å². The van der Waals surface area contributed by atoms with Gasteiger partial charge in [-0.3, -0.25) is 4.79 Å². The first kappa shape index (κ1) is 19.2. The predicted octanol–water partition coefficient (Wildman–Crippen LogP) is 6.52. The van der Waals surface area contributed by atoms with Crippen molar-refractivity contribution in [3.8, 4) is 0 Å². The van der Waals surface area contributed by atoms with Gasteiger partial charge in [-0.25, -0.2) is 0 Å². The van der Waals surface area contributed by atoms with Crippen molar-refractivity contribution in [2.24, 2.45) is 29.6 Å². The Bertz CT molecular complexity index is 394. The van der Waals surface area contributed by atoms with Crippen LogP contribution in [0.5, 0.6) is 0 Å². The SMILES string of the molecule is CCC[C@H]1CC[C@H]([C@H]2CC[C@H]([C@H]3CC[C@H](OC(C)=O)CC3)CC2)CC1. The van der Waals surface area contributed by atoms with E-state index < -0.39 is 0 Å². The maximum atomic E-state index is 11.1. The lowest BCUT2D eigenvalue weighted by Gasteiger charge is -2.41. The molecule has 0 N–H and O–H groups in total. The zero-order chi connectivity index (χ0) is 17.6. The van der Waals surface area contributed by atoms with Crippen molar-refractivity contribution in [1.29, 1.82) is 0 Å². The minimum absolute atomic E-state index is 0.0994. The fourth-order valence-corrected chi connectivity index (χ4v) is 6.36. The summed E-state index contributed by atoms with van der Waals surface area (Å²) in [4.78, 5) is 11.1. The van der Waals surface area contributed by atoms with Crippen molar-refractivity contribution in [2.45, 2.75) is 110 Å². The number of ether oxygens (including phenoxy) is 1. The van der Waals surface area contributed by atoms with Crippen LogP contribution in [0.15, 0.2) is 0 Å². The van der Waals surface area contributed by atoms with Gasteiger partial charge in [-0.1, -0.05) is 32.6 Å². The van der Waals surface area contributed by atoms with E-state index in [2.05, 4.69) is 6.92 Å². The highest BCUT2D eigenvalue weighted by molar-refractivity contribution is 5.66. The van der Waals surface area contributed by atoms with Crippen molar-refractivity contribution < 1.29 is 9.53 Å². The van der Waals surface area contributed by atoms with Gasteiger partial charge < -0.3 is 4.74 Å². The minimum Gasteiger partial charge on any atom is -0.463 e. The number of rotatable bonds is 5. The summed E-state index contributed by atoms with van der Waals surface area (Å²) in [6, 6.07) is 0. The molecule has 3 saturated carbocycles. The summed E-state index contributed by atoms with van der Waals surface area (Å²) in [6.45, 7) is 3.89. The molecule has 0 heterocycles. The number of carbonyl (C=O) groups excluding carboxylic acids is 1. The monoisotopic (exact) mass is 348 g/mol. The van der Waals surface area contributed by atoms with E-state index >= 15 is 0 Å². The van der Waals surface area contributed by atoms with Gasteiger partial charge in [-0.05, 0) is 93.8 Å². The van der Waals surface area contributed by atoms with E-state index in [1.54, 1.807) is 6.92 Å². The van der Waals surface area contributed by atoms with Crippen LogP contribution in [0, 0.1) is 29.6 Å². The molecule has 0 saturated heterocycles. The molecule has 0 atom stereocenters. The van der Waals surface area contributed by atoms with Crippen LogP contribution in [-0.4, -0.2) is 12.1 Å². The molecule has 3 fully saturated rings. The average Bonchev–Trinajstić information content (AvgIpc) is 2.63. The Balaban J connectivity index is 1.36. The van der Waals surface area contributed by atoms with Crippen molar-refractivity contribution >= 4 is 5.97 Å². The molecule has 3 rings (SSSR count). The molecule has 144 valence electrons. The van der Waals surface area contributed by atoms with E-state index in [0.29, 0.717) is 0 Å². The van der Waals surface area contributed by atoms with E-state index in [0.717, 1.165) is 42.4 Å². The molecule has 0 aromatic carbocycles. The maximum absolute atomic E-state index is 11.1. The second kappa shape index (κ2) is 9.42. The number of hydrogen-bond acceptors (Lipinski definition) is 2. The smallest absolute Gasteiger partial charge is 0.302 e. The molecule has 0 aliphatic heterocycles. The second-order valence-corrected chi connectivity index (χ2v) is 9.39. The highest BCUT2D eigenvalue weighted by Gasteiger charge is 2.34. The summed E-state index contributed by atoms with van der Waals surface area (Å²) in [5.74, 6) is 4.91. The molecule has 0 spiro atoms. The Kier molecular flexibility index (Phi) is 7.25. The first-order valence-electron chi connectivity index (χ1n) is 11.3. The van der Waals surface area contributed by atoms with Crippen LogP contribution in [0.25, 0.3) is 0 Å². The Morgan fingerprint density at radius 2 is 1.12 bits per heavy atom. The van der Waals surface area contributed by atoms with Gasteiger partial charge >= 0.3 is 5.97 Å². The van der Waals surface area contributed by atoms with E-state index in [4.69, 9.17) is 4.74 Å². The molecule has 2 heteroatoms. The molecule has 3 aliphatic carbocycles. The van der Waals surface area contributed by atoms with Crippen LogP contribution >= 0.6 is 0 Å². The number of carbonyl (C=O) groups is 1. The van der Waals surface area contributed by atoms with E-state index in [1.165, 1.54) is 77.0 Å². The van der Waals surface area contributed by atoms with Crippen molar-refractivity contribution in [1.82, 2.24) is 0 Å². The highest BCUT2D eigenvalue weighted by atomic mass is 16.5. The minimum atomic E-state index is -0.0994. The lowest BCUT2D eigenvalue weighted by Crippen LogP contribution is -2.31. The first-order valence-corrected chi connectivity index (χ1v) is 11.3. The fraction of sp³-hybridized carbons (Fsp3) is 0.957. The second-order valence-electron chi connectivity index (χ2n) is 9.39. The molecule has 0 radical (unpaired) electrons. The third kappa shape index (κ3) is 5.47. The van der Waals surface area contributed by atoms with E-state index in [9.17, 15) is 4.79 Å². The molecule has 0 aromatic heterocycles. The van der Waals surface area contributed by atoms with Crippen molar-refractivity contribution in [2.75, 3.05) is 0 Å². The Hall–Kier alpha value is -0.530. The zero-order valence-electron chi connectivity index (χ0n) is 16.7. The van der Waals surface area contributed by atoms with Gasteiger partial charge in [-0.2, -0.15) is 0 Å². The summed E-state index contributed by atoms with van der Waals surface area (Å²) >= 11 is 0. The molecule has 3 aliphatic rings. The normalized spacial score (nSPS) is 39.8. The van der Waals surface area contributed by atoms with E-state index in [-0.39, 0.29) is 12.1 Å². The quantitative estimate of drug-likeness (QED) is 0.529. The van der Waals surface area contributed by atoms with Gasteiger partial charge in [0.1, 0.15) is 6.10 Å². The van der Waals surface area contributed by atoms with Crippen LogP contribution in [0.4, 0.5) is 0 Å². The van der Waals surface area contributed by atoms with Gasteiger partial charge in [0.2, 0.25) is 0 Å². The molecular weight excluding hydrogens is 308 g/mol. The molecule has 0 bridgehead atoms. The molecular formula is C23H40O2. The molecule has 0 unspecified atom stereocenters. The Labute approximate surface area is 155 Å². The van der Waals surface area contributed by atoms with E-state index in [1.807, 2.05) is 0 Å². The van der Waals surface area contributed by atoms with Gasteiger partial charge in [0.25, 0.3) is 0 Å². The summed E-state index contributed by atoms with van der Waals surface area (Å²) < 4.78 is 5.41. The van der Waals surface area contributed by atoms with Crippen LogP contribution in [-0.2, 0) is 9.53 Å². The summed E-state index contributed by atoms with van der Waals surface area (Å²) in [7, 11) is 0. The zero-order valence-corrected chi connectivity index (χ0v) is 16.7. The number of hydrogen-bond donors (Lipinski definition) is 0. The third-order valence-corrected chi connectivity index (χ3v) is 7.79. The van der Waals surface area contributed by atoms with Gasteiger partial charge in [0, 0.05) is 6.92 Å². The predicted molar refractivity (Wildman–Crippen MR) is 103 cm³/mol. The van der Waals surface area contributed by atoms with Crippen LogP contribution in [0.1, 0.15) is 104 Å². The first-order chi connectivity index (χ1) is 12.2. The van der Waals surface area contributed by atoms with Gasteiger partial charge in [0.15, 0.2) is 0 Å². The van der Waals surface area contributed by atoms with Crippen LogP contribution < -0.4 is 0 Å². The largest absolute Gasteiger partial charge is 0.463 e. The van der Waals surface area contributed by atoms with Gasteiger partial charge in [0.05, 0.1) is 0 Å². The van der Waals surface area contributed by atoms with Crippen molar-refractivity contribution in [3.63, 3.8) is 0 Å². The average molecular weight is 349 g/mol. The topological polar surface area (TPSA) is 26.3 Å². The molecule has 25 heavy (non-hydrogen) atoms. The third-order valence-electron chi connectivity index (χ3n) is 7.79. The highest BCUT2D eigenvalue weighted by Crippen LogP contribution is 2.45. The fourth-order valence-electron chi connectivity index (χ4n) is 6.36. The Morgan fingerprint density at radius 3 is 1.52 bits per heavy atom. The molecule has 2 nitrogen and oxygen atoms in total. The van der Waals surface area contributed by atoms with Crippen LogP contribution in [0.2, 0.25) is 0 Å². The number of esters is 1. The summed E-state index contributed by atoms with van der Waals surface area (Å²) in [5.41, 5.74) is 0. The van der Waals surface area contributed by atoms with Crippen LogP contribution in [0.3, 0.4) is 0 Å². The summed E-state index contributed by atoms with van der Waals surface area (Å²) in [6.07, 6.45) is 19.8. The molecule has 0 amide bonds. The standard InChI is InChI=1S/C23H40O2/c1-3-4-18-5-7-19(8-6-18)20-9-11-21(12-10-20)22-13-15-23(16-14-22)25-17(2)24/h18-23H,3-16H2,1-2H3/t18-,19-,20-,21-,22-,23-. The maximum Gasteiger partial charge on any atom is 0.302 e.